The number of fused-ring (bicyclic) bond motifs is 4. The van der Waals surface area contributed by atoms with Gasteiger partial charge in [0, 0.05) is 17.2 Å². The Kier molecular flexibility index (Phi) is 4.41. The number of benzene rings is 2. The Labute approximate surface area is 166 Å². The highest BCUT2D eigenvalue weighted by molar-refractivity contribution is 7.10. The van der Waals surface area contributed by atoms with Crippen LogP contribution in [0, 0.1) is 11.8 Å². The SMILES string of the molecule is CC(CC1OCCc2sccc21)C(C)C1c2ccccc2-c2ccccc21. The van der Waals surface area contributed by atoms with Gasteiger partial charge < -0.3 is 4.74 Å². The summed E-state index contributed by atoms with van der Waals surface area (Å²) in [6.45, 7) is 5.72. The highest BCUT2D eigenvalue weighted by Gasteiger charge is 2.35. The molecule has 0 saturated carbocycles. The second-order valence-electron chi connectivity index (χ2n) is 8.13. The molecule has 0 radical (unpaired) electrons. The molecule has 1 nitrogen and oxygen atoms in total. The molecule has 3 atom stereocenters. The molecule has 3 aromatic rings. The molecule has 2 heteroatoms. The predicted octanol–water partition coefficient (Wildman–Crippen LogP) is 6.84. The summed E-state index contributed by atoms with van der Waals surface area (Å²) < 4.78 is 6.19. The van der Waals surface area contributed by atoms with Crippen molar-refractivity contribution in [2.24, 2.45) is 11.8 Å². The smallest absolute Gasteiger partial charge is 0.0838 e. The third-order valence-corrected chi connectivity index (χ3v) is 7.66. The number of hydrogen-bond acceptors (Lipinski definition) is 2. The molecule has 138 valence electrons. The minimum Gasteiger partial charge on any atom is -0.373 e. The lowest BCUT2D eigenvalue weighted by atomic mass is 9.76. The monoisotopic (exact) mass is 374 g/mol. The predicted molar refractivity (Wildman–Crippen MR) is 113 cm³/mol. The van der Waals surface area contributed by atoms with Crippen LogP contribution in [0.3, 0.4) is 0 Å². The molecule has 0 N–H and O–H groups in total. The summed E-state index contributed by atoms with van der Waals surface area (Å²) in [6.07, 6.45) is 2.45. The first-order chi connectivity index (χ1) is 13.2. The quantitative estimate of drug-likeness (QED) is 0.486. The van der Waals surface area contributed by atoms with E-state index in [-0.39, 0.29) is 6.10 Å². The van der Waals surface area contributed by atoms with Gasteiger partial charge in [-0.15, -0.1) is 11.3 Å². The van der Waals surface area contributed by atoms with Crippen molar-refractivity contribution < 1.29 is 4.74 Å². The second kappa shape index (κ2) is 6.92. The number of thiophene rings is 1. The standard InChI is InChI=1S/C25H26OS/c1-16(15-23-22-12-14-27-24(22)11-13-26-23)17(2)25-20-9-5-3-7-18(20)19-8-4-6-10-21(19)25/h3-10,12,14,16-17,23,25H,11,13,15H2,1-2H3. The molecule has 1 aromatic heterocycles. The van der Waals surface area contributed by atoms with Crippen molar-refractivity contribution in [2.45, 2.75) is 38.7 Å². The van der Waals surface area contributed by atoms with E-state index in [1.165, 1.54) is 32.7 Å². The Morgan fingerprint density at radius 2 is 1.59 bits per heavy atom. The number of rotatable bonds is 4. The normalized spacial score (nSPS) is 20.6. The Bertz CT molecular complexity index is 911. The van der Waals surface area contributed by atoms with Gasteiger partial charge in [-0.05, 0) is 57.5 Å². The van der Waals surface area contributed by atoms with E-state index in [1.807, 2.05) is 11.3 Å². The summed E-state index contributed by atoms with van der Waals surface area (Å²) in [4.78, 5) is 1.53. The Balaban J connectivity index is 1.44. The summed E-state index contributed by atoms with van der Waals surface area (Å²) in [5.74, 6) is 1.64. The Hall–Kier alpha value is -1.90. The zero-order valence-corrected chi connectivity index (χ0v) is 16.8. The lowest BCUT2D eigenvalue weighted by Gasteiger charge is -2.32. The molecule has 0 bridgehead atoms. The lowest BCUT2D eigenvalue weighted by Crippen LogP contribution is -2.22. The molecule has 2 aromatic carbocycles. The van der Waals surface area contributed by atoms with Gasteiger partial charge in [0.15, 0.2) is 0 Å². The fourth-order valence-corrected chi connectivity index (χ4v) is 5.98. The van der Waals surface area contributed by atoms with Crippen molar-refractivity contribution in [2.75, 3.05) is 6.61 Å². The average Bonchev–Trinajstić information content (AvgIpc) is 3.31. The van der Waals surface area contributed by atoms with Crippen LogP contribution in [-0.4, -0.2) is 6.61 Å². The second-order valence-corrected chi connectivity index (χ2v) is 9.13. The molecular formula is C25H26OS. The first kappa shape index (κ1) is 17.2. The van der Waals surface area contributed by atoms with Gasteiger partial charge in [-0.25, -0.2) is 0 Å². The van der Waals surface area contributed by atoms with Crippen LogP contribution >= 0.6 is 11.3 Å². The van der Waals surface area contributed by atoms with E-state index in [0.29, 0.717) is 17.8 Å². The fraction of sp³-hybridized carbons (Fsp3) is 0.360. The van der Waals surface area contributed by atoms with Crippen LogP contribution in [0.25, 0.3) is 11.1 Å². The number of hydrogen-bond donors (Lipinski definition) is 0. The first-order valence-electron chi connectivity index (χ1n) is 10.1. The van der Waals surface area contributed by atoms with Gasteiger partial charge >= 0.3 is 0 Å². The fourth-order valence-electron chi connectivity index (χ4n) is 5.06. The van der Waals surface area contributed by atoms with E-state index < -0.39 is 0 Å². The third-order valence-electron chi connectivity index (χ3n) is 6.67. The lowest BCUT2D eigenvalue weighted by molar-refractivity contribution is 0.0219. The maximum Gasteiger partial charge on any atom is 0.0838 e. The van der Waals surface area contributed by atoms with E-state index in [2.05, 4.69) is 73.8 Å². The molecule has 2 aliphatic rings. The van der Waals surface area contributed by atoms with E-state index in [4.69, 9.17) is 4.74 Å². The van der Waals surface area contributed by atoms with Gasteiger partial charge in [-0.3, -0.25) is 0 Å². The summed E-state index contributed by atoms with van der Waals surface area (Å²) in [5, 5.41) is 2.23. The van der Waals surface area contributed by atoms with Crippen molar-refractivity contribution >= 4 is 11.3 Å². The Morgan fingerprint density at radius 1 is 0.926 bits per heavy atom. The van der Waals surface area contributed by atoms with E-state index in [1.54, 1.807) is 0 Å². The van der Waals surface area contributed by atoms with Crippen molar-refractivity contribution in [1.29, 1.82) is 0 Å². The summed E-state index contributed by atoms with van der Waals surface area (Å²) in [5.41, 5.74) is 7.28. The molecular weight excluding hydrogens is 348 g/mol. The minimum absolute atomic E-state index is 0.268. The van der Waals surface area contributed by atoms with Gasteiger partial charge in [0.1, 0.15) is 0 Å². The van der Waals surface area contributed by atoms with Crippen LogP contribution in [0.4, 0.5) is 0 Å². The van der Waals surface area contributed by atoms with Gasteiger partial charge in [0.25, 0.3) is 0 Å². The van der Waals surface area contributed by atoms with Crippen LogP contribution in [0.1, 0.15) is 53.9 Å². The van der Waals surface area contributed by atoms with Crippen molar-refractivity contribution in [1.82, 2.24) is 0 Å². The maximum atomic E-state index is 6.19. The number of ether oxygens (including phenoxy) is 1. The van der Waals surface area contributed by atoms with Gasteiger partial charge in [-0.2, -0.15) is 0 Å². The largest absolute Gasteiger partial charge is 0.373 e. The van der Waals surface area contributed by atoms with E-state index in [0.717, 1.165) is 19.4 Å². The van der Waals surface area contributed by atoms with Gasteiger partial charge in [0.2, 0.25) is 0 Å². The molecule has 0 fully saturated rings. The van der Waals surface area contributed by atoms with E-state index >= 15 is 0 Å². The third kappa shape index (κ3) is 2.86. The van der Waals surface area contributed by atoms with Crippen LogP contribution < -0.4 is 0 Å². The average molecular weight is 375 g/mol. The first-order valence-corrected chi connectivity index (χ1v) is 11.0. The highest BCUT2D eigenvalue weighted by Crippen LogP contribution is 2.50. The minimum atomic E-state index is 0.268. The maximum absolute atomic E-state index is 6.19. The van der Waals surface area contributed by atoms with Crippen LogP contribution in [0.2, 0.25) is 0 Å². The topological polar surface area (TPSA) is 9.23 Å². The molecule has 0 saturated heterocycles. The zero-order valence-electron chi connectivity index (χ0n) is 16.0. The summed E-state index contributed by atoms with van der Waals surface area (Å²) >= 11 is 1.89. The van der Waals surface area contributed by atoms with Gasteiger partial charge in [0.05, 0.1) is 12.7 Å². The molecule has 27 heavy (non-hydrogen) atoms. The molecule has 3 unspecified atom stereocenters. The van der Waals surface area contributed by atoms with Crippen LogP contribution in [0.15, 0.2) is 60.0 Å². The van der Waals surface area contributed by atoms with Crippen LogP contribution in [0.5, 0.6) is 0 Å². The van der Waals surface area contributed by atoms with Crippen molar-refractivity contribution in [3.05, 3.63) is 81.5 Å². The van der Waals surface area contributed by atoms with Crippen molar-refractivity contribution in [3.63, 3.8) is 0 Å². The molecule has 0 amide bonds. The summed E-state index contributed by atoms with van der Waals surface area (Å²) in [6, 6.07) is 20.2. The molecule has 1 aliphatic heterocycles. The molecule has 0 spiro atoms. The van der Waals surface area contributed by atoms with Gasteiger partial charge in [-0.1, -0.05) is 62.4 Å². The van der Waals surface area contributed by atoms with Crippen molar-refractivity contribution in [3.8, 4) is 11.1 Å². The molecule has 5 rings (SSSR count). The molecule has 2 heterocycles. The Morgan fingerprint density at radius 3 is 2.30 bits per heavy atom. The van der Waals surface area contributed by atoms with E-state index in [9.17, 15) is 0 Å². The molecule has 1 aliphatic carbocycles. The highest BCUT2D eigenvalue weighted by atomic mass is 32.1. The zero-order chi connectivity index (χ0) is 18.4. The van der Waals surface area contributed by atoms with Crippen LogP contribution in [-0.2, 0) is 11.2 Å². The summed E-state index contributed by atoms with van der Waals surface area (Å²) in [7, 11) is 0.